The molecule has 0 radical (unpaired) electrons. The summed E-state index contributed by atoms with van der Waals surface area (Å²) in [5.41, 5.74) is 0.293. The lowest BCUT2D eigenvalue weighted by atomic mass is 9.92. The molecule has 2 heteroatoms. The second kappa shape index (κ2) is 8.54. The predicted octanol–water partition coefficient (Wildman–Crippen LogP) is 2.69. The number of nitrogens with one attached hydrogen (secondary N) is 1. The smallest absolute Gasteiger partial charge is 0.0164 e. The van der Waals surface area contributed by atoms with Gasteiger partial charge in [-0.05, 0) is 18.4 Å². The van der Waals surface area contributed by atoms with E-state index in [1.165, 1.54) is 6.42 Å². The van der Waals surface area contributed by atoms with Gasteiger partial charge in [0, 0.05) is 26.2 Å². The zero-order chi connectivity index (χ0) is 12.4. The van der Waals surface area contributed by atoms with Gasteiger partial charge in [0.2, 0.25) is 0 Å². The number of nitrogens with zero attached hydrogens (tertiary/aromatic N) is 1. The molecule has 0 unspecified atom stereocenters. The molecule has 94 valence electrons. The molecule has 0 saturated carbocycles. The third-order valence-corrected chi connectivity index (χ3v) is 2.46. The lowest BCUT2D eigenvalue weighted by Gasteiger charge is -2.31. The van der Waals surface area contributed by atoms with Crippen molar-refractivity contribution in [3.63, 3.8) is 0 Å². The quantitative estimate of drug-likeness (QED) is 0.453. The van der Waals surface area contributed by atoms with Crippen molar-refractivity contribution in [2.45, 2.75) is 27.2 Å². The molecule has 16 heavy (non-hydrogen) atoms. The largest absolute Gasteiger partial charge is 0.316 e. The fraction of sp³-hybridized carbons (Fsp3) is 0.714. The molecule has 0 aliphatic carbocycles. The minimum absolute atomic E-state index is 0.293. The van der Waals surface area contributed by atoms with Gasteiger partial charge in [0.15, 0.2) is 0 Å². The molecular formula is C14H28N2. The Balaban J connectivity index is 4.05. The summed E-state index contributed by atoms with van der Waals surface area (Å²) in [6.45, 7) is 19.5. The number of rotatable bonds is 10. The van der Waals surface area contributed by atoms with Crippen LogP contribution in [-0.2, 0) is 0 Å². The standard InChI is InChI=1S/C14H28N2/c1-6-9-15-12-14(4,5)13-16(10-7-2)11-8-3/h7-8,15H,2-3,6,9-13H2,1,4-5H3. The Bertz CT molecular complexity index is 187. The topological polar surface area (TPSA) is 15.3 Å². The van der Waals surface area contributed by atoms with Gasteiger partial charge in [-0.15, -0.1) is 13.2 Å². The van der Waals surface area contributed by atoms with Gasteiger partial charge in [-0.1, -0.05) is 32.9 Å². The fourth-order valence-electron chi connectivity index (χ4n) is 1.83. The summed E-state index contributed by atoms with van der Waals surface area (Å²) in [4.78, 5) is 2.37. The van der Waals surface area contributed by atoms with Crippen LogP contribution >= 0.6 is 0 Å². The molecule has 0 rings (SSSR count). The first kappa shape index (κ1) is 15.4. The van der Waals surface area contributed by atoms with Crippen LogP contribution in [-0.4, -0.2) is 37.6 Å². The average molecular weight is 224 g/mol. The molecule has 0 fully saturated rings. The molecule has 0 spiro atoms. The average Bonchev–Trinajstić information content (AvgIpc) is 2.18. The first-order valence-electron chi connectivity index (χ1n) is 6.20. The second-order valence-electron chi connectivity index (χ2n) is 5.11. The predicted molar refractivity (Wildman–Crippen MR) is 73.8 cm³/mol. The summed E-state index contributed by atoms with van der Waals surface area (Å²) in [5, 5.41) is 3.49. The highest BCUT2D eigenvalue weighted by molar-refractivity contribution is 4.84. The fourth-order valence-corrected chi connectivity index (χ4v) is 1.83. The van der Waals surface area contributed by atoms with Crippen LogP contribution in [0.1, 0.15) is 27.2 Å². The van der Waals surface area contributed by atoms with Crippen LogP contribution < -0.4 is 5.32 Å². The number of hydrogen-bond acceptors (Lipinski definition) is 2. The van der Waals surface area contributed by atoms with E-state index in [2.05, 4.69) is 44.1 Å². The highest BCUT2D eigenvalue weighted by atomic mass is 15.1. The Morgan fingerprint density at radius 3 is 2.19 bits per heavy atom. The molecule has 0 aromatic heterocycles. The van der Waals surface area contributed by atoms with Crippen molar-refractivity contribution in [1.29, 1.82) is 0 Å². The van der Waals surface area contributed by atoms with Crippen molar-refractivity contribution >= 4 is 0 Å². The van der Waals surface area contributed by atoms with Crippen LogP contribution in [0.25, 0.3) is 0 Å². The van der Waals surface area contributed by atoms with Crippen LogP contribution in [0, 0.1) is 5.41 Å². The molecule has 0 aromatic carbocycles. The van der Waals surface area contributed by atoms with E-state index in [9.17, 15) is 0 Å². The minimum atomic E-state index is 0.293. The highest BCUT2D eigenvalue weighted by Gasteiger charge is 2.20. The Morgan fingerprint density at radius 1 is 1.19 bits per heavy atom. The van der Waals surface area contributed by atoms with Crippen molar-refractivity contribution in [2.24, 2.45) is 5.41 Å². The van der Waals surface area contributed by atoms with Crippen molar-refractivity contribution in [3.05, 3.63) is 25.3 Å². The van der Waals surface area contributed by atoms with E-state index >= 15 is 0 Å². The van der Waals surface area contributed by atoms with E-state index in [-0.39, 0.29) is 0 Å². The first-order valence-corrected chi connectivity index (χ1v) is 6.20. The van der Waals surface area contributed by atoms with Gasteiger partial charge in [0.05, 0.1) is 0 Å². The van der Waals surface area contributed by atoms with Crippen molar-refractivity contribution in [1.82, 2.24) is 10.2 Å². The van der Waals surface area contributed by atoms with Gasteiger partial charge in [-0.3, -0.25) is 4.90 Å². The van der Waals surface area contributed by atoms with Crippen LogP contribution in [0.15, 0.2) is 25.3 Å². The van der Waals surface area contributed by atoms with E-state index in [1.54, 1.807) is 0 Å². The Kier molecular flexibility index (Phi) is 8.22. The Hall–Kier alpha value is -0.600. The maximum atomic E-state index is 3.80. The van der Waals surface area contributed by atoms with E-state index in [4.69, 9.17) is 0 Å². The Morgan fingerprint density at radius 2 is 1.75 bits per heavy atom. The lowest BCUT2D eigenvalue weighted by Crippen LogP contribution is -2.40. The number of hydrogen-bond donors (Lipinski definition) is 1. The SMILES string of the molecule is C=CCN(CC=C)CC(C)(C)CNCCC. The van der Waals surface area contributed by atoms with Gasteiger partial charge in [-0.25, -0.2) is 0 Å². The van der Waals surface area contributed by atoms with Crippen molar-refractivity contribution < 1.29 is 0 Å². The van der Waals surface area contributed by atoms with E-state index in [0.717, 1.165) is 32.7 Å². The van der Waals surface area contributed by atoms with Gasteiger partial charge in [0.25, 0.3) is 0 Å². The van der Waals surface area contributed by atoms with Gasteiger partial charge >= 0.3 is 0 Å². The summed E-state index contributed by atoms with van der Waals surface area (Å²) in [6, 6.07) is 0. The maximum absolute atomic E-state index is 3.80. The molecule has 0 atom stereocenters. The molecule has 0 aliphatic rings. The third kappa shape index (κ3) is 7.66. The zero-order valence-corrected chi connectivity index (χ0v) is 11.3. The monoisotopic (exact) mass is 224 g/mol. The molecular weight excluding hydrogens is 196 g/mol. The van der Waals surface area contributed by atoms with Gasteiger partial charge < -0.3 is 5.32 Å². The maximum Gasteiger partial charge on any atom is 0.0164 e. The second-order valence-corrected chi connectivity index (χ2v) is 5.11. The molecule has 0 saturated heterocycles. The van der Waals surface area contributed by atoms with Crippen LogP contribution in [0.2, 0.25) is 0 Å². The molecule has 2 nitrogen and oxygen atoms in total. The van der Waals surface area contributed by atoms with Crippen molar-refractivity contribution in [3.8, 4) is 0 Å². The van der Waals surface area contributed by atoms with E-state index in [0.29, 0.717) is 5.41 Å². The zero-order valence-electron chi connectivity index (χ0n) is 11.3. The van der Waals surface area contributed by atoms with Crippen LogP contribution in [0.4, 0.5) is 0 Å². The highest BCUT2D eigenvalue weighted by Crippen LogP contribution is 2.15. The van der Waals surface area contributed by atoms with Gasteiger partial charge in [-0.2, -0.15) is 0 Å². The third-order valence-electron chi connectivity index (χ3n) is 2.46. The lowest BCUT2D eigenvalue weighted by molar-refractivity contribution is 0.203. The molecule has 0 bridgehead atoms. The summed E-state index contributed by atoms with van der Waals surface area (Å²) in [7, 11) is 0. The summed E-state index contributed by atoms with van der Waals surface area (Å²) < 4.78 is 0. The van der Waals surface area contributed by atoms with E-state index in [1.807, 2.05) is 12.2 Å². The van der Waals surface area contributed by atoms with E-state index < -0.39 is 0 Å². The molecule has 0 amide bonds. The molecule has 1 N–H and O–H groups in total. The molecule has 0 aliphatic heterocycles. The normalized spacial score (nSPS) is 11.8. The van der Waals surface area contributed by atoms with Crippen molar-refractivity contribution in [2.75, 3.05) is 32.7 Å². The van der Waals surface area contributed by atoms with Gasteiger partial charge in [0.1, 0.15) is 0 Å². The minimum Gasteiger partial charge on any atom is -0.316 e. The summed E-state index contributed by atoms with van der Waals surface area (Å²) in [6.07, 6.45) is 5.11. The van der Waals surface area contributed by atoms with Crippen LogP contribution in [0.3, 0.4) is 0 Å². The summed E-state index contributed by atoms with van der Waals surface area (Å²) >= 11 is 0. The Labute approximate surface area is 101 Å². The molecule has 0 aromatic rings. The van der Waals surface area contributed by atoms with Crippen LogP contribution in [0.5, 0.6) is 0 Å². The first-order chi connectivity index (χ1) is 7.55. The summed E-state index contributed by atoms with van der Waals surface area (Å²) in [5.74, 6) is 0. The molecule has 0 heterocycles.